The normalized spacial score (nSPS) is 9.79. The summed E-state index contributed by atoms with van der Waals surface area (Å²) in [7, 11) is 2.65. The topological polar surface area (TPSA) is 12.0 Å². The third-order valence-electron chi connectivity index (χ3n) is 2.24. The Morgan fingerprint density at radius 3 is 2.79 bits per heavy atom. The molecule has 76 valence electrons. The molecule has 0 amide bonds. The molecule has 0 aromatic heterocycles. The van der Waals surface area contributed by atoms with Crippen LogP contribution >= 0.6 is 8.86 Å². The highest BCUT2D eigenvalue weighted by molar-refractivity contribution is 7.19. The number of hydrogen-bond acceptors (Lipinski definition) is 1. The van der Waals surface area contributed by atoms with Gasteiger partial charge in [0.1, 0.15) is 5.80 Å². The molecule has 1 nitrogen and oxygen atoms in total. The van der Waals surface area contributed by atoms with Crippen molar-refractivity contribution in [3.63, 3.8) is 0 Å². The number of para-hydroxylation sites is 1. The number of hydrogen-bond donors (Lipinski definition) is 1. The van der Waals surface area contributed by atoms with Crippen LogP contribution in [-0.2, 0) is 0 Å². The molecule has 1 rings (SSSR count). The molecule has 2 heteroatoms. The Morgan fingerprint density at radius 2 is 2.07 bits per heavy atom. The number of rotatable bonds is 6. The number of unbranched alkanes of at least 4 members (excludes halogenated alkanes) is 2. The Kier molecular flexibility index (Phi) is 5.32. The summed E-state index contributed by atoms with van der Waals surface area (Å²) in [4.78, 5) is 0. The van der Waals surface area contributed by atoms with E-state index >= 15 is 0 Å². The van der Waals surface area contributed by atoms with E-state index in [1.165, 1.54) is 30.5 Å². The van der Waals surface area contributed by atoms with Gasteiger partial charge in [-0.25, -0.2) is 0 Å². The zero-order valence-corrected chi connectivity index (χ0v) is 9.95. The SMILES string of the molecule is CCCCCNc1ccccc1C=[PH2+]. The van der Waals surface area contributed by atoms with Crippen molar-refractivity contribution in [2.24, 2.45) is 0 Å². The Bertz CT molecular complexity index is 283. The van der Waals surface area contributed by atoms with Crippen molar-refractivity contribution in [3.05, 3.63) is 29.8 Å². The van der Waals surface area contributed by atoms with Gasteiger partial charge < -0.3 is 5.32 Å². The molecule has 0 radical (unpaired) electrons. The Hall–Kier alpha value is -0.810. The first-order valence-corrected chi connectivity index (χ1v) is 5.93. The maximum Gasteiger partial charge on any atom is 0.112 e. The second-order valence-electron chi connectivity index (χ2n) is 3.39. The van der Waals surface area contributed by atoms with Gasteiger partial charge in [-0.15, -0.1) is 0 Å². The van der Waals surface area contributed by atoms with Gasteiger partial charge in [0.05, 0.1) is 8.86 Å². The van der Waals surface area contributed by atoms with Gasteiger partial charge >= 0.3 is 0 Å². The second kappa shape index (κ2) is 6.62. The zero-order chi connectivity index (χ0) is 10.2. The minimum Gasteiger partial charge on any atom is -0.384 e. The quantitative estimate of drug-likeness (QED) is 0.558. The van der Waals surface area contributed by atoms with E-state index in [4.69, 9.17) is 0 Å². The predicted octanol–water partition coefficient (Wildman–Crippen LogP) is 3.31. The second-order valence-corrected chi connectivity index (χ2v) is 3.72. The van der Waals surface area contributed by atoms with Gasteiger partial charge in [-0.3, -0.25) is 0 Å². The van der Waals surface area contributed by atoms with Crippen LogP contribution in [0.15, 0.2) is 24.3 Å². The lowest BCUT2D eigenvalue weighted by atomic mass is 10.2. The number of benzene rings is 1. The van der Waals surface area contributed by atoms with Gasteiger partial charge in [0.15, 0.2) is 0 Å². The summed E-state index contributed by atoms with van der Waals surface area (Å²) in [5.74, 6) is 2.06. The minimum absolute atomic E-state index is 1.07. The van der Waals surface area contributed by atoms with Crippen LogP contribution in [0.1, 0.15) is 31.7 Å². The Balaban J connectivity index is 2.45. The summed E-state index contributed by atoms with van der Waals surface area (Å²) in [5, 5.41) is 3.45. The Labute approximate surface area is 88.8 Å². The summed E-state index contributed by atoms with van der Waals surface area (Å²) >= 11 is 0. The van der Waals surface area contributed by atoms with E-state index in [1.807, 2.05) is 0 Å². The first-order valence-electron chi connectivity index (χ1n) is 5.26. The maximum absolute atomic E-state index is 3.45. The molecule has 0 aliphatic carbocycles. The van der Waals surface area contributed by atoms with Crippen molar-refractivity contribution in [1.82, 2.24) is 0 Å². The van der Waals surface area contributed by atoms with E-state index in [9.17, 15) is 0 Å². The van der Waals surface area contributed by atoms with Crippen molar-refractivity contribution < 1.29 is 0 Å². The van der Waals surface area contributed by atoms with Crippen LogP contribution in [0.4, 0.5) is 5.69 Å². The van der Waals surface area contributed by atoms with E-state index < -0.39 is 0 Å². The molecule has 0 saturated carbocycles. The third kappa shape index (κ3) is 3.51. The molecule has 14 heavy (non-hydrogen) atoms. The fourth-order valence-corrected chi connectivity index (χ4v) is 1.69. The standard InChI is InChI=1S/C12H18NP/c1-2-3-6-9-13-12-8-5-4-7-11(12)10-14/h4-5,7-8,10,13-14H,2-3,6,9H2,1H3/p+1. The molecule has 1 aromatic carbocycles. The van der Waals surface area contributed by atoms with Crippen molar-refractivity contribution >= 4 is 20.3 Å². The molecule has 0 heterocycles. The lowest BCUT2D eigenvalue weighted by Gasteiger charge is -2.07. The molecular formula is C12H19NP+. The summed E-state index contributed by atoms with van der Waals surface area (Å²) in [6, 6.07) is 8.38. The van der Waals surface area contributed by atoms with E-state index in [0.29, 0.717) is 0 Å². The molecule has 0 saturated heterocycles. The van der Waals surface area contributed by atoms with Crippen molar-refractivity contribution in [2.45, 2.75) is 26.2 Å². The zero-order valence-electron chi connectivity index (χ0n) is 8.79. The van der Waals surface area contributed by atoms with Gasteiger partial charge in [0.2, 0.25) is 0 Å². The van der Waals surface area contributed by atoms with E-state index in [2.05, 4.69) is 51.2 Å². The first-order chi connectivity index (χ1) is 6.88. The molecule has 1 unspecified atom stereocenters. The Morgan fingerprint density at radius 1 is 1.29 bits per heavy atom. The maximum atomic E-state index is 3.45. The van der Waals surface area contributed by atoms with Crippen molar-refractivity contribution in [1.29, 1.82) is 0 Å². The van der Waals surface area contributed by atoms with Crippen LogP contribution in [0.5, 0.6) is 0 Å². The van der Waals surface area contributed by atoms with E-state index in [0.717, 1.165) is 6.54 Å². The molecule has 0 bridgehead atoms. The monoisotopic (exact) mass is 208 g/mol. The highest BCUT2D eigenvalue weighted by Gasteiger charge is 1.97. The van der Waals surface area contributed by atoms with Crippen LogP contribution < -0.4 is 5.32 Å². The van der Waals surface area contributed by atoms with Crippen LogP contribution in [-0.4, -0.2) is 12.3 Å². The van der Waals surface area contributed by atoms with Crippen LogP contribution in [0.2, 0.25) is 0 Å². The summed E-state index contributed by atoms with van der Waals surface area (Å²) < 4.78 is 0. The average molecular weight is 208 g/mol. The van der Waals surface area contributed by atoms with E-state index in [-0.39, 0.29) is 0 Å². The molecule has 0 aliphatic heterocycles. The molecule has 1 N–H and O–H groups in total. The smallest absolute Gasteiger partial charge is 0.112 e. The van der Waals surface area contributed by atoms with Crippen molar-refractivity contribution in [2.75, 3.05) is 11.9 Å². The number of anilines is 1. The molecule has 0 spiro atoms. The summed E-state index contributed by atoms with van der Waals surface area (Å²) in [6.07, 6.45) is 3.83. The largest absolute Gasteiger partial charge is 0.384 e. The summed E-state index contributed by atoms with van der Waals surface area (Å²) in [6.45, 7) is 3.30. The van der Waals surface area contributed by atoms with E-state index in [1.54, 1.807) is 0 Å². The summed E-state index contributed by atoms with van der Waals surface area (Å²) in [5.41, 5.74) is 2.49. The predicted molar refractivity (Wildman–Crippen MR) is 69.3 cm³/mol. The molecular weight excluding hydrogens is 189 g/mol. The van der Waals surface area contributed by atoms with Gasteiger partial charge in [-0.2, -0.15) is 0 Å². The molecule has 0 fully saturated rings. The fourth-order valence-electron chi connectivity index (χ4n) is 1.40. The molecule has 1 atom stereocenters. The third-order valence-corrected chi connectivity index (χ3v) is 2.60. The molecule has 1 aromatic rings. The van der Waals surface area contributed by atoms with Crippen LogP contribution in [0.25, 0.3) is 0 Å². The van der Waals surface area contributed by atoms with Gasteiger partial charge in [-0.05, 0) is 18.6 Å². The lowest BCUT2D eigenvalue weighted by Crippen LogP contribution is -2.03. The minimum atomic E-state index is 1.07. The highest BCUT2D eigenvalue weighted by atomic mass is 31.0. The fraction of sp³-hybridized carbons (Fsp3) is 0.417. The molecule has 0 aliphatic rings. The first kappa shape index (κ1) is 11.3. The van der Waals surface area contributed by atoms with Crippen LogP contribution in [0, 0.1) is 0 Å². The van der Waals surface area contributed by atoms with Gasteiger partial charge in [0.25, 0.3) is 0 Å². The van der Waals surface area contributed by atoms with Crippen LogP contribution in [0.3, 0.4) is 0 Å². The van der Waals surface area contributed by atoms with Crippen molar-refractivity contribution in [3.8, 4) is 0 Å². The van der Waals surface area contributed by atoms with Gasteiger partial charge in [0, 0.05) is 17.8 Å². The number of nitrogens with one attached hydrogen (secondary N) is 1. The van der Waals surface area contributed by atoms with Gasteiger partial charge in [-0.1, -0.05) is 31.9 Å². The lowest BCUT2D eigenvalue weighted by molar-refractivity contribution is 0.744. The highest BCUT2D eigenvalue weighted by Crippen LogP contribution is 2.13. The average Bonchev–Trinajstić information content (AvgIpc) is 2.25.